The average molecular weight is 545 g/mol. The van der Waals surface area contributed by atoms with Gasteiger partial charge in [-0.15, -0.1) is 0 Å². The van der Waals surface area contributed by atoms with Gasteiger partial charge in [-0.25, -0.2) is 9.78 Å². The number of pyridine rings is 1. The fourth-order valence-electron chi connectivity index (χ4n) is 5.47. The maximum Gasteiger partial charge on any atom is 0.410 e. The van der Waals surface area contributed by atoms with E-state index in [1.165, 1.54) is 0 Å². The summed E-state index contributed by atoms with van der Waals surface area (Å²) >= 11 is 6.55. The summed E-state index contributed by atoms with van der Waals surface area (Å²) < 4.78 is 7.57. The van der Waals surface area contributed by atoms with Crippen LogP contribution in [0.4, 0.5) is 4.79 Å². The Kier molecular flexibility index (Phi) is 6.54. The minimum absolute atomic E-state index is 0.181. The maximum atomic E-state index is 12.7. The summed E-state index contributed by atoms with van der Waals surface area (Å²) in [6, 6.07) is 8.98. The minimum atomic E-state index is -0.623. The Morgan fingerprint density at radius 3 is 2.74 bits per heavy atom. The quantitative estimate of drug-likeness (QED) is 0.230. The normalized spacial score (nSPS) is 20.5. The summed E-state index contributed by atoms with van der Waals surface area (Å²) in [5.74, 6) is 0. The van der Waals surface area contributed by atoms with Gasteiger partial charge < -0.3 is 14.2 Å². The predicted molar refractivity (Wildman–Crippen MR) is 148 cm³/mol. The molecule has 2 unspecified atom stereocenters. The molecular formula is C28H29ClN8O2. The molecule has 2 fully saturated rings. The zero-order valence-corrected chi connectivity index (χ0v) is 22.6. The van der Waals surface area contributed by atoms with Gasteiger partial charge in [-0.2, -0.15) is 0 Å². The number of rotatable bonds is 5. The van der Waals surface area contributed by atoms with Crippen LogP contribution in [0, 0.1) is 0 Å². The van der Waals surface area contributed by atoms with Gasteiger partial charge in [-0.05, 0) is 71.8 Å². The number of azide groups is 1. The van der Waals surface area contributed by atoms with Crippen molar-refractivity contribution in [2.45, 2.75) is 37.5 Å². The number of carbonyl (C=O) groups is 1. The zero-order chi connectivity index (χ0) is 27.1. The van der Waals surface area contributed by atoms with E-state index >= 15 is 0 Å². The molecule has 0 radical (unpaired) electrons. The lowest BCUT2D eigenvalue weighted by molar-refractivity contribution is 0.0380. The molecule has 200 valence electrons. The molecule has 3 aromatic rings. The molecular weight excluding hydrogens is 516 g/mol. The second-order valence-corrected chi connectivity index (χ2v) is 11.0. The smallest absolute Gasteiger partial charge is 0.410 e. The summed E-state index contributed by atoms with van der Waals surface area (Å²) in [4.78, 5) is 29.2. The number of imidazole rings is 1. The Labute approximate surface area is 231 Å². The van der Waals surface area contributed by atoms with Crippen LogP contribution in [0.1, 0.15) is 59.9 Å². The zero-order valence-electron chi connectivity index (χ0n) is 21.9. The van der Waals surface area contributed by atoms with Crippen LogP contribution in [0.3, 0.4) is 0 Å². The number of fused-ring (bicyclic) bond motifs is 2. The number of aromatic nitrogens is 3. The molecule has 0 N–H and O–H groups in total. The van der Waals surface area contributed by atoms with E-state index in [0.717, 1.165) is 46.5 Å². The van der Waals surface area contributed by atoms with Crippen LogP contribution in [0.2, 0.25) is 5.02 Å². The Bertz CT molecular complexity index is 1500. The van der Waals surface area contributed by atoms with E-state index < -0.39 is 6.04 Å². The molecule has 1 saturated heterocycles. The largest absolute Gasteiger partial charge is 0.443 e. The Morgan fingerprint density at radius 2 is 2.05 bits per heavy atom. The van der Waals surface area contributed by atoms with Crippen molar-refractivity contribution < 1.29 is 9.53 Å². The molecule has 39 heavy (non-hydrogen) atoms. The van der Waals surface area contributed by atoms with Gasteiger partial charge in [-0.3, -0.25) is 9.88 Å². The van der Waals surface area contributed by atoms with Crippen molar-refractivity contribution in [2.24, 2.45) is 12.2 Å². The molecule has 1 aliphatic heterocycles. The summed E-state index contributed by atoms with van der Waals surface area (Å²) in [7, 11) is 1.88. The topological polar surface area (TPSA) is 112 Å². The van der Waals surface area contributed by atoms with Crippen LogP contribution >= 0.6 is 11.6 Å². The van der Waals surface area contributed by atoms with E-state index in [2.05, 4.69) is 19.9 Å². The fraction of sp³-hybridized carbons (Fsp3) is 0.393. The highest BCUT2D eigenvalue weighted by atomic mass is 35.5. The molecule has 2 aromatic heterocycles. The molecule has 6 rings (SSSR count). The van der Waals surface area contributed by atoms with Gasteiger partial charge in [0.05, 0.1) is 23.8 Å². The van der Waals surface area contributed by atoms with Crippen LogP contribution in [0.25, 0.3) is 22.1 Å². The number of nitrogens with zero attached hydrogens (tertiary/aromatic N) is 8. The monoisotopic (exact) mass is 544 g/mol. The molecule has 1 amide bonds. The van der Waals surface area contributed by atoms with Crippen molar-refractivity contribution >= 4 is 29.3 Å². The van der Waals surface area contributed by atoms with Gasteiger partial charge in [0.2, 0.25) is 0 Å². The summed E-state index contributed by atoms with van der Waals surface area (Å²) in [6.07, 6.45) is 8.87. The third-order valence-electron chi connectivity index (χ3n) is 7.88. The number of aryl methyl sites for hydroxylation is 1. The first-order chi connectivity index (χ1) is 18.9. The second kappa shape index (κ2) is 10.0. The van der Waals surface area contributed by atoms with E-state index in [1.807, 2.05) is 54.9 Å². The number of hydrogen-bond donors (Lipinski definition) is 0. The SMILES string of the molecule is Cn1cncc1C(N=[N+]=[N-])C1=Cc2cccnc2C(N2CCN(C(=O)OC3(C)CC3)CC2)c2ccc(Cl)cc21. The lowest BCUT2D eigenvalue weighted by Crippen LogP contribution is -2.50. The van der Waals surface area contributed by atoms with Crippen LogP contribution in [-0.2, 0) is 11.8 Å². The summed E-state index contributed by atoms with van der Waals surface area (Å²) in [5, 5.41) is 4.80. The van der Waals surface area contributed by atoms with Crippen LogP contribution in [0.5, 0.6) is 0 Å². The van der Waals surface area contributed by atoms with Gasteiger partial charge in [0.25, 0.3) is 0 Å². The van der Waals surface area contributed by atoms with Gasteiger partial charge in [-0.1, -0.05) is 28.8 Å². The van der Waals surface area contributed by atoms with E-state index in [4.69, 9.17) is 21.3 Å². The molecule has 3 heterocycles. The van der Waals surface area contributed by atoms with Crippen molar-refractivity contribution in [1.82, 2.24) is 24.3 Å². The number of amides is 1. The first-order valence-electron chi connectivity index (χ1n) is 13.1. The molecule has 0 bridgehead atoms. The number of ether oxygens (including phenoxy) is 1. The third kappa shape index (κ3) is 4.87. The van der Waals surface area contributed by atoms with Crippen molar-refractivity contribution in [3.05, 3.63) is 92.6 Å². The van der Waals surface area contributed by atoms with E-state index in [-0.39, 0.29) is 17.7 Å². The summed E-state index contributed by atoms with van der Waals surface area (Å²) in [5.41, 5.74) is 14.6. The highest BCUT2D eigenvalue weighted by Gasteiger charge is 2.43. The number of halogens is 1. The first kappa shape index (κ1) is 25.4. The van der Waals surface area contributed by atoms with Gasteiger partial charge >= 0.3 is 6.09 Å². The van der Waals surface area contributed by atoms with Crippen molar-refractivity contribution in [2.75, 3.05) is 26.2 Å². The fourth-order valence-corrected chi connectivity index (χ4v) is 5.64. The van der Waals surface area contributed by atoms with Crippen molar-refractivity contribution in [3.63, 3.8) is 0 Å². The lowest BCUT2D eigenvalue weighted by Gasteiger charge is -2.39. The van der Waals surface area contributed by atoms with Crippen LogP contribution in [-0.4, -0.2) is 62.2 Å². The first-order valence-corrected chi connectivity index (χ1v) is 13.4. The van der Waals surface area contributed by atoms with Gasteiger partial charge in [0, 0.05) is 55.6 Å². The maximum absolute atomic E-state index is 12.7. The molecule has 2 aliphatic carbocycles. The molecule has 11 heteroatoms. The van der Waals surface area contributed by atoms with Crippen molar-refractivity contribution in [3.8, 4) is 0 Å². The lowest BCUT2D eigenvalue weighted by atomic mass is 9.90. The van der Waals surface area contributed by atoms with Gasteiger partial charge in [0.1, 0.15) is 11.6 Å². The number of piperazine rings is 1. The molecule has 1 aromatic carbocycles. The standard InChI is InChI=1S/C28H29ClN8O2/c1-28(7-8-28)39-27(38)37-12-10-36(11-13-37)26-20-6-5-19(29)15-21(20)22(14-18-4-3-9-32-24(18)26)25(33-34-30)23-16-31-17-35(23)2/h3-6,9,14-17,25-26H,7-8,10-13H2,1-2H3. The molecule has 1 saturated carbocycles. The third-order valence-corrected chi connectivity index (χ3v) is 8.12. The Morgan fingerprint density at radius 1 is 1.26 bits per heavy atom. The molecule has 3 aliphatic rings. The molecule has 0 spiro atoms. The minimum Gasteiger partial charge on any atom is -0.443 e. The average Bonchev–Trinajstić information content (AvgIpc) is 3.54. The van der Waals surface area contributed by atoms with E-state index in [9.17, 15) is 10.3 Å². The highest BCUT2D eigenvalue weighted by Crippen LogP contribution is 2.45. The summed E-state index contributed by atoms with van der Waals surface area (Å²) in [6.45, 7) is 4.42. The molecule has 10 nitrogen and oxygen atoms in total. The van der Waals surface area contributed by atoms with Crippen molar-refractivity contribution in [1.29, 1.82) is 0 Å². The van der Waals surface area contributed by atoms with E-state index in [1.54, 1.807) is 23.6 Å². The second-order valence-electron chi connectivity index (χ2n) is 10.6. The predicted octanol–water partition coefficient (Wildman–Crippen LogP) is 5.77. The van der Waals surface area contributed by atoms with Gasteiger partial charge in [0.15, 0.2) is 0 Å². The highest BCUT2D eigenvalue weighted by molar-refractivity contribution is 6.30. The molecule has 2 atom stereocenters. The number of carbonyl (C=O) groups excluding carboxylic acids is 1. The van der Waals surface area contributed by atoms with E-state index in [0.29, 0.717) is 31.2 Å². The number of hydrogen-bond acceptors (Lipinski definition) is 6. The Balaban J connectivity index is 1.40. The number of benzene rings is 1. The van der Waals surface area contributed by atoms with Crippen LogP contribution in [0.15, 0.2) is 54.2 Å². The van der Waals surface area contributed by atoms with Crippen LogP contribution < -0.4 is 0 Å². The Hall–Kier alpha value is -3.85.